The second kappa shape index (κ2) is 8.00. The molecule has 152 valence electrons. The van der Waals surface area contributed by atoms with Gasteiger partial charge in [0.15, 0.2) is 11.4 Å². The molecule has 0 spiro atoms. The molecular weight excluding hydrogens is 368 g/mol. The highest BCUT2D eigenvalue weighted by Crippen LogP contribution is 2.31. The molecule has 2 aliphatic rings. The molecule has 2 aromatic heterocycles. The number of fused-ring (bicyclic) bond motifs is 2. The lowest BCUT2D eigenvalue weighted by Gasteiger charge is -2.46. The number of benzene rings is 1. The van der Waals surface area contributed by atoms with Gasteiger partial charge in [-0.3, -0.25) is 4.90 Å². The molecule has 2 fully saturated rings. The van der Waals surface area contributed by atoms with Crippen molar-refractivity contribution in [1.29, 1.82) is 0 Å². The molecule has 2 aliphatic heterocycles. The van der Waals surface area contributed by atoms with Crippen LogP contribution in [0.4, 0.5) is 5.82 Å². The zero-order chi connectivity index (χ0) is 19.6. The van der Waals surface area contributed by atoms with Gasteiger partial charge in [0.2, 0.25) is 5.88 Å². The predicted molar refractivity (Wildman–Crippen MR) is 110 cm³/mol. The molecule has 4 heterocycles. The van der Waals surface area contributed by atoms with Crippen LogP contribution in [0.15, 0.2) is 47.0 Å². The first-order valence-corrected chi connectivity index (χ1v) is 10.3. The van der Waals surface area contributed by atoms with Crippen LogP contribution < -0.4 is 9.64 Å². The first-order chi connectivity index (χ1) is 14.3. The molecule has 7 heteroatoms. The minimum Gasteiger partial charge on any atom is -0.477 e. The molecule has 5 rings (SSSR count). The number of hydrogen-bond acceptors (Lipinski definition) is 7. The van der Waals surface area contributed by atoms with Crippen molar-refractivity contribution in [2.24, 2.45) is 5.92 Å². The quantitative estimate of drug-likeness (QED) is 0.713. The van der Waals surface area contributed by atoms with E-state index in [9.17, 15) is 5.11 Å². The van der Waals surface area contributed by atoms with Gasteiger partial charge in [-0.1, -0.05) is 23.4 Å². The number of para-hydroxylation sites is 1. The van der Waals surface area contributed by atoms with Crippen molar-refractivity contribution in [3.63, 3.8) is 0 Å². The Hall–Kier alpha value is -2.64. The van der Waals surface area contributed by atoms with Crippen molar-refractivity contribution in [2.75, 3.05) is 37.7 Å². The van der Waals surface area contributed by atoms with Crippen molar-refractivity contribution in [2.45, 2.75) is 25.5 Å². The molecule has 29 heavy (non-hydrogen) atoms. The van der Waals surface area contributed by atoms with E-state index in [0.29, 0.717) is 30.1 Å². The average molecular weight is 394 g/mol. The largest absolute Gasteiger partial charge is 0.477 e. The summed E-state index contributed by atoms with van der Waals surface area (Å²) >= 11 is 0. The van der Waals surface area contributed by atoms with E-state index >= 15 is 0 Å². The van der Waals surface area contributed by atoms with Crippen molar-refractivity contribution in [3.8, 4) is 5.88 Å². The number of aromatic nitrogens is 2. The summed E-state index contributed by atoms with van der Waals surface area (Å²) in [5.74, 6) is 2.08. The number of pyridine rings is 1. The molecule has 1 aromatic carbocycles. The maximum atomic E-state index is 9.22. The summed E-state index contributed by atoms with van der Waals surface area (Å²) in [7, 11) is 0. The van der Waals surface area contributed by atoms with Crippen LogP contribution >= 0.6 is 0 Å². The van der Waals surface area contributed by atoms with Gasteiger partial charge in [-0.2, -0.15) is 0 Å². The second-order valence-electron chi connectivity index (χ2n) is 7.98. The van der Waals surface area contributed by atoms with E-state index < -0.39 is 0 Å². The van der Waals surface area contributed by atoms with Crippen LogP contribution in [0.1, 0.15) is 18.5 Å². The summed E-state index contributed by atoms with van der Waals surface area (Å²) < 4.78 is 11.4. The van der Waals surface area contributed by atoms with Gasteiger partial charge in [-0.05, 0) is 31.0 Å². The Morgan fingerprint density at radius 3 is 2.93 bits per heavy atom. The van der Waals surface area contributed by atoms with Crippen molar-refractivity contribution >= 4 is 16.8 Å². The van der Waals surface area contributed by atoms with Gasteiger partial charge >= 0.3 is 0 Å². The van der Waals surface area contributed by atoms with Gasteiger partial charge in [0.1, 0.15) is 0 Å². The molecule has 2 saturated heterocycles. The highest BCUT2D eigenvalue weighted by Gasteiger charge is 2.34. The minimum atomic E-state index is -0.0621. The smallest absolute Gasteiger partial charge is 0.213 e. The zero-order valence-electron chi connectivity index (χ0n) is 16.4. The first kappa shape index (κ1) is 18.4. The summed E-state index contributed by atoms with van der Waals surface area (Å²) in [6, 6.07) is 14.1. The average Bonchev–Trinajstić information content (AvgIpc) is 3.21. The van der Waals surface area contributed by atoms with E-state index in [1.165, 1.54) is 0 Å². The Kier molecular flexibility index (Phi) is 5.08. The van der Waals surface area contributed by atoms with E-state index in [1.54, 1.807) is 6.07 Å². The maximum Gasteiger partial charge on any atom is 0.213 e. The topological polar surface area (TPSA) is 74.9 Å². The van der Waals surface area contributed by atoms with Crippen LogP contribution in [0.5, 0.6) is 5.88 Å². The normalized spacial score (nSPS) is 22.6. The standard InChI is InChI=1S/C22H26N4O3/c27-14-17-4-3-7-21(23-17)28-15-16-8-9-18-13-26(11-10-25(18)12-16)22-19-5-1-2-6-20(19)29-24-22/h1-7,16,18,27H,8-15H2/t16-,18-/m0/s1. The zero-order valence-corrected chi connectivity index (χ0v) is 16.4. The second-order valence-corrected chi connectivity index (χ2v) is 7.98. The summed E-state index contributed by atoms with van der Waals surface area (Å²) in [5, 5.41) is 14.7. The Balaban J connectivity index is 1.18. The van der Waals surface area contributed by atoms with Crippen LogP contribution in [-0.2, 0) is 6.61 Å². The van der Waals surface area contributed by atoms with Crippen LogP contribution in [0.3, 0.4) is 0 Å². The summed E-state index contributed by atoms with van der Waals surface area (Å²) in [6.45, 7) is 4.64. The van der Waals surface area contributed by atoms with Crippen molar-refractivity contribution in [1.82, 2.24) is 15.0 Å². The summed E-state index contributed by atoms with van der Waals surface area (Å²) in [6.07, 6.45) is 2.30. The molecular formula is C22H26N4O3. The Morgan fingerprint density at radius 1 is 1.07 bits per heavy atom. The highest BCUT2D eigenvalue weighted by molar-refractivity contribution is 5.88. The van der Waals surface area contributed by atoms with Crippen LogP contribution in [0.2, 0.25) is 0 Å². The third-order valence-corrected chi connectivity index (χ3v) is 6.07. The SMILES string of the molecule is OCc1cccc(OC[C@H]2CC[C@H]3CN(c4noc5ccccc45)CCN3C2)n1. The number of nitrogens with zero attached hydrogens (tertiary/aromatic N) is 4. The highest BCUT2D eigenvalue weighted by atomic mass is 16.5. The summed E-state index contributed by atoms with van der Waals surface area (Å²) in [4.78, 5) is 9.27. The predicted octanol–water partition coefficient (Wildman–Crippen LogP) is 2.69. The number of piperidine rings is 1. The lowest BCUT2D eigenvalue weighted by Crippen LogP contribution is -2.57. The monoisotopic (exact) mass is 394 g/mol. The van der Waals surface area contributed by atoms with Gasteiger partial charge in [0, 0.05) is 44.2 Å². The van der Waals surface area contributed by atoms with Gasteiger partial charge in [0.05, 0.1) is 24.3 Å². The molecule has 7 nitrogen and oxygen atoms in total. The Labute approximate surface area is 169 Å². The number of hydrogen-bond donors (Lipinski definition) is 1. The molecule has 3 aromatic rings. The maximum absolute atomic E-state index is 9.22. The molecule has 0 saturated carbocycles. The summed E-state index contributed by atoms with van der Waals surface area (Å²) in [5.41, 5.74) is 1.49. The number of rotatable bonds is 5. The van der Waals surface area contributed by atoms with Gasteiger partial charge in [-0.15, -0.1) is 0 Å². The van der Waals surface area contributed by atoms with Gasteiger partial charge in [-0.25, -0.2) is 4.98 Å². The molecule has 1 N–H and O–H groups in total. The first-order valence-electron chi connectivity index (χ1n) is 10.3. The van der Waals surface area contributed by atoms with Crippen LogP contribution in [0, 0.1) is 5.92 Å². The third-order valence-electron chi connectivity index (χ3n) is 6.07. The number of anilines is 1. The third kappa shape index (κ3) is 3.80. The number of piperazine rings is 1. The fraction of sp³-hybridized carbons (Fsp3) is 0.455. The Bertz CT molecular complexity index is 975. The van der Waals surface area contributed by atoms with E-state index in [1.807, 2.05) is 30.3 Å². The lowest BCUT2D eigenvalue weighted by atomic mass is 9.91. The van der Waals surface area contributed by atoms with E-state index in [-0.39, 0.29) is 6.61 Å². The van der Waals surface area contributed by atoms with Crippen molar-refractivity contribution < 1.29 is 14.4 Å². The lowest BCUT2D eigenvalue weighted by molar-refractivity contribution is 0.0715. The number of aliphatic hydroxyl groups is 1. The minimum absolute atomic E-state index is 0.0621. The molecule has 0 bridgehead atoms. The van der Waals surface area contributed by atoms with Gasteiger partial charge in [0.25, 0.3) is 0 Å². The molecule has 0 amide bonds. The van der Waals surface area contributed by atoms with Crippen LogP contribution in [0.25, 0.3) is 11.0 Å². The molecule has 0 radical (unpaired) electrons. The van der Waals surface area contributed by atoms with E-state index in [2.05, 4.69) is 26.0 Å². The molecule has 0 aliphatic carbocycles. The molecule has 0 unspecified atom stereocenters. The fourth-order valence-corrected chi connectivity index (χ4v) is 4.52. The number of aliphatic hydroxyl groups excluding tert-OH is 1. The fourth-order valence-electron chi connectivity index (χ4n) is 4.52. The Morgan fingerprint density at radius 2 is 2.00 bits per heavy atom. The van der Waals surface area contributed by atoms with Crippen LogP contribution in [-0.4, -0.2) is 59.0 Å². The van der Waals surface area contributed by atoms with E-state index in [4.69, 9.17) is 9.26 Å². The molecule has 2 atom stereocenters. The number of ether oxygens (including phenoxy) is 1. The van der Waals surface area contributed by atoms with E-state index in [0.717, 1.165) is 55.8 Å². The van der Waals surface area contributed by atoms with Crippen molar-refractivity contribution in [3.05, 3.63) is 48.2 Å². The van der Waals surface area contributed by atoms with Gasteiger partial charge < -0.3 is 19.3 Å².